The second kappa shape index (κ2) is 9.04. The van der Waals surface area contributed by atoms with E-state index in [1.165, 1.54) is 0 Å². The third-order valence-electron chi connectivity index (χ3n) is 3.43. The summed E-state index contributed by atoms with van der Waals surface area (Å²) in [6.07, 6.45) is 4.91. The molecule has 5 nitrogen and oxygen atoms in total. The molecule has 0 aliphatic rings. The molecule has 19 heavy (non-hydrogen) atoms. The molecule has 0 aliphatic heterocycles. The van der Waals surface area contributed by atoms with Crippen molar-refractivity contribution < 1.29 is 9.26 Å². The molecule has 1 heterocycles. The molecule has 0 amide bonds. The third kappa shape index (κ3) is 5.28. The van der Waals surface area contributed by atoms with Gasteiger partial charge in [0, 0.05) is 13.0 Å². The van der Waals surface area contributed by atoms with Gasteiger partial charge in [-0.2, -0.15) is 4.98 Å². The fourth-order valence-electron chi connectivity index (χ4n) is 2.19. The maximum Gasteiger partial charge on any atom is 0.226 e. The number of aromatic nitrogens is 2. The lowest BCUT2D eigenvalue weighted by Gasteiger charge is -2.11. The largest absolute Gasteiger partial charge is 0.370 e. The summed E-state index contributed by atoms with van der Waals surface area (Å²) in [5.74, 6) is 2.03. The van der Waals surface area contributed by atoms with Crippen LogP contribution in [0.3, 0.4) is 0 Å². The molecule has 0 bridgehead atoms. The van der Waals surface area contributed by atoms with Crippen molar-refractivity contribution in [3.05, 3.63) is 11.7 Å². The zero-order valence-corrected chi connectivity index (χ0v) is 12.4. The topological polar surface area (TPSA) is 74.2 Å². The highest BCUT2D eigenvalue weighted by atomic mass is 16.5. The minimum absolute atomic E-state index is 0.0477. The molecule has 0 fully saturated rings. The van der Waals surface area contributed by atoms with Crippen molar-refractivity contribution >= 4 is 0 Å². The average Bonchev–Trinajstić information content (AvgIpc) is 2.89. The fraction of sp³-hybridized carbons (Fsp3) is 0.857. The van der Waals surface area contributed by atoms with Crippen LogP contribution in [0.1, 0.15) is 64.3 Å². The molecule has 1 aromatic rings. The Hall–Kier alpha value is -0.940. The Morgan fingerprint density at radius 1 is 1.21 bits per heavy atom. The van der Waals surface area contributed by atoms with Crippen molar-refractivity contribution in [3.8, 4) is 0 Å². The number of nitrogens with two attached hydrogens (primary N) is 1. The van der Waals surface area contributed by atoms with Crippen LogP contribution in [0.2, 0.25) is 0 Å². The summed E-state index contributed by atoms with van der Waals surface area (Å²) < 4.78 is 10.9. The molecule has 0 spiro atoms. The van der Waals surface area contributed by atoms with E-state index in [1.54, 1.807) is 0 Å². The van der Waals surface area contributed by atoms with Gasteiger partial charge < -0.3 is 15.0 Å². The van der Waals surface area contributed by atoms with Gasteiger partial charge in [0.25, 0.3) is 0 Å². The predicted molar refractivity (Wildman–Crippen MR) is 74.7 cm³/mol. The van der Waals surface area contributed by atoms with Gasteiger partial charge in [-0.25, -0.2) is 0 Å². The minimum atomic E-state index is -0.0477. The number of hydrogen-bond donors (Lipinski definition) is 1. The van der Waals surface area contributed by atoms with Crippen LogP contribution in [0.4, 0.5) is 0 Å². The summed E-state index contributed by atoms with van der Waals surface area (Å²) in [7, 11) is 0. The Morgan fingerprint density at radius 3 is 2.58 bits per heavy atom. The van der Waals surface area contributed by atoms with Gasteiger partial charge in [0.2, 0.25) is 11.7 Å². The first-order chi connectivity index (χ1) is 9.24. The highest BCUT2D eigenvalue weighted by molar-refractivity contribution is 4.91. The summed E-state index contributed by atoms with van der Waals surface area (Å²) >= 11 is 0. The normalized spacial score (nSPS) is 14.5. The maximum atomic E-state index is 5.60. The molecule has 0 saturated heterocycles. The second-order valence-corrected chi connectivity index (χ2v) is 4.79. The van der Waals surface area contributed by atoms with Gasteiger partial charge in [-0.05, 0) is 38.6 Å². The van der Waals surface area contributed by atoms with E-state index in [-0.39, 0.29) is 6.10 Å². The van der Waals surface area contributed by atoms with Gasteiger partial charge in [0.1, 0.15) is 6.10 Å². The summed E-state index contributed by atoms with van der Waals surface area (Å²) in [6, 6.07) is 0. The van der Waals surface area contributed by atoms with Gasteiger partial charge >= 0.3 is 0 Å². The Labute approximate surface area is 115 Å². The molecule has 2 atom stereocenters. The number of rotatable bonds is 10. The van der Waals surface area contributed by atoms with Crippen LogP contribution >= 0.6 is 0 Å². The van der Waals surface area contributed by atoms with Crippen molar-refractivity contribution in [2.24, 2.45) is 11.7 Å². The summed E-state index contributed by atoms with van der Waals surface area (Å²) in [4.78, 5) is 4.43. The first-order valence-corrected chi connectivity index (χ1v) is 7.39. The minimum Gasteiger partial charge on any atom is -0.370 e. The van der Waals surface area contributed by atoms with E-state index in [0.29, 0.717) is 24.2 Å². The lowest BCUT2D eigenvalue weighted by molar-refractivity contribution is 0.0518. The van der Waals surface area contributed by atoms with E-state index in [4.69, 9.17) is 15.0 Å². The van der Waals surface area contributed by atoms with Crippen molar-refractivity contribution in [1.82, 2.24) is 10.1 Å². The standard InChI is InChI=1S/C14H27N3O2/c1-4-11(9-10-15)7-8-13-16-14(17-19-13)12(5-2)18-6-3/h11-12H,4-10,15H2,1-3H3. The number of ether oxygens (including phenoxy) is 1. The van der Waals surface area contributed by atoms with Crippen LogP contribution in [-0.4, -0.2) is 23.3 Å². The number of hydrogen-bond acceptors (Lipinski definition) is 5. The van der Waals surface area contributed by atoms with Crippen molar-refractivity contribution in [1.29, 1.82) is 0 Å². The number of aryl methyl sites for hydroxylation is 1. The molecule has 2 unspecified atom stereocenters. The Balaban J connectivity index is 2.49. The molecule has 2 N–H and O–H groups in total. The maximum absolute atomic E-state index is 5.60. The average molecular weight is 269 g/mol. The molecule has 0 aliphatic carbocycles. The molecule has 0 saturated carbocycles. The van der Waals surface area contributed by atoms with Crippen LogP contribution in [0.5, 0.6) is 0 Å². The smallest absolute Gasteiger partial charge is 0.226 e. The third-order valence-corrected chi connectivity index (χ3v) is 3.43. The second-order valence-electron chi connectivity index (χ2n) is 4.79. The van der Waals surface area contributed by atoms with Gasteiger partial charge in [0.15, 0.2) is 0 Å². The molecule has 1 aromatic heterocycles. The lowest BCUT2D eigenvalue weighted by atomic mass is 9.97. The Kier molecular flexibility index (Phi) is 7.67. The van der Waals surface area contributed by atoms with Gasteiger partial charge in [-0.1, -0.05) is 25.4 Å². The zero-order valence-electron chi connectivity index (χ0n) is 12.4. The molecular formula is C14H27N3O2. The lowest BCUT2D eigenvalue weighted by Crippen LogP contribution is -2.09. The molecule has 110 valence electrons. The van der Waals surface area contributed by atoms with E-state index in [0.717, 1.165) is 38.6 Å². The van der Waals surface area contributed by atoms with Gasteiger partial charge in [-0.15, -0.1) is 0 Å². The SMILES string of the molecule is CCOC(CC)c1noc(CCC(CC)CCN)n1. The zero-order chi connectivity index (χ0) is 14.1. The molecule has 0 radical (unpaired) electrons. The number of nitrogens with zero attached hydrogens (tertiary/aromatic N) is 2. The van der Waals surface area contributed by atoms with Crippen LogP contribution in [-0.2, 0) is 11.2 Å². The monoisotopic (exact) mass is 269 g/mol. The van der Waals surface area contributed by atoms with Crippen molar-refractivity contribution in [2.45, 2.75) is 59.0 Å². The summed E-state index contributed by atoms with van der Waals surface area (Å²) in [5.41, 5.74) is 5.60. The van der Waals surface area contributed by atoms with E-state index in [2.05, 4.69) is 24.0 Å². The fourth-order valence-corrected chi connectivity index (χ4v) is 2.19. The molecule has 5 heteroatoms. The van der Waals surface area contributed by atoms with Gasteiger partial charge in [0.05, 0.1) is 0 Å². The van der Waals surface area contributed by atoms with E-state index >= 15 is 0 Å². The van der Waals surface area contributed by atoms with E-state index < -0.39 is 0 Å². The Bertz CT molecular complexity index is 341. The highest BCUT2D eigenvalue weighted by Gasteiger charge is 2.17. The van der Waals surface area contributed by atoms with E-state index in [9.17, 15) is 0 Å². The quantitative estimate of drug-likeness (QED) is 0.707. The van der Waals surface area contributed by atoms with Gasteiger partial charge in [-0.3, -0.25) is 0 Å². The van der Waals surface area contributed by atoms with Crippen LogP contribution in [0.25, 0.3) is 0 Å². The van der Waals surface area contributed by atoms with Crippen LogP contribution in [0, 0.1) is 5.92 Å². The molecular weight excluding hydrogens is 242 g/mol. The van der Waals surface area contributed by atoms with Crippen molar-refractivity contribution in [3.63, 3.8) is 0 Å². The first kappa shape index (κ1) is 16.1. The Morgan fingerprint density at radius 2 is 2.00 bits per heavy atom. The van der Waals surface area contributed by atoms with Crippen LogP contribution in [0.15, 0.2) is 4.52 Å². The predicted octanol–water partition coefficient (Wildman–Crippen LogP) is 2.86. The molecule has 0 aromatic carbocycles. The molecule has 1 rings (SSSR count). The van der Waals surface area contributed by atoms with Crippen LogP contribution < -0.4 is 5.73 Å². The van der Waals surface area contributed by atoms with E-state index in [1.807, 2.05) is 6.92 Å². The summed E-state index contributed by atoms with van der Waals surface area (Å²) in [5, 5.41) is 4.02. The first-order valence-electron chi connectivity index (χ1n) is 7.39. The highest BCUT2D eigenvalue weighted by Crippen LogP contribution is 2.20. The van der Waals surface area contributed by atoms with Crippen molar-refractivity contribution in [2.75, 3.05) is 13.2 Å². The summed E-state index contributed by atoms with van der Waals surface area (Å²) in [6.45, 7) is 7.64.